The first kappa shape index (κ1) is 4.18. The van der Waals surface area contributed by atoms with Crippen LogP contribution in [0.3, 0.4) is 0 Å². The van der Waals surface area contributed by atoms with Gasteiger partial charge in [-0.1, -0.05) is 0 Å². The maximum atomic E-state index is 8.12. The van der Waals surface area contributed by atoms with Gasteiger partial charge in [-0.2, -0.15) is 0 Å². The molecule has 1 saturated heterocycles. The molecule has 5 heteroatoms. The third-order valence-electron chi connectivity index (χ3n) is 0.692. The van der Waals surface area contributed by atoms with E-state index in [2.05, 4.69) is 4.65 Å². The summed E-state index contributed by atoms with van der Waals surface area (Å²) in [4.78, 5) is 0. The summed E-state index contributed by atoms with van der Waals surface area (Å²) in [5.74, 6) is 0. The van der Waals surface area contributed by atoms with Gasteiger partial charge in [-0.25, -0.2) is 0 Å². The summed E-state index contributed by atoms with van der Waals surface area (Å²) in [7, 11) is -1.26. The van der Waals surface area contributed by atoms with Gasteiger partial charge in [-0.05, 0) is 0 Å². The van der Waals surface area contributed by atoms with Crippen LogP contribution in [-0.2, 0) is 4.65 Å². The lowest BCUT2D eigenvalue weighted by molar-refractivity contribution is 0.428. The average molecular weight is 85.7 g/mol. The zero-order chi connectivity index (χ0) is 4.57. The summed E-state index contributed by atoms with van der Waals surface area (Å²) >= 11 is 0. The minimum Gasteiger partial charge on any atom is -0.440 e. The first-order valence-electron chi connectivity index (χ1n) is 1.78. The molecule has 1 aliphatic heterocycles. The van der Waals surface area contributed by atoms with Crippen LogP contribution in [0.1, 0.15) is 0 Å². The van der Waals surface area contributed by atoms with E-state index >= 15 is 0 Å². The summed E-state index contributed by atoms with van der Waals surface area (Å²) in [5, 5.41) is 16.2. The fraction of sp³-hybridized carbons (Fsp3) is 1.00. The normalized spacial score (nSPS) is 18.0. The predicted molar refractivity (Wildman–Crippen MR) is 21.9 cm³/mol. The van der Waals surface area contributed by atoms with E-state index in [1.165, 1.54) is 0 Å². The van der Waals surface area contributed by atoms with Crippen LogP contribution in [-0.4, -0.2) is 30.4 Å². The standard InChI is InChI=1S/CH4B2O3/c4-3(5)2-1-6-2/h4-5H,1H2. The van der Waals surface area contributed by atoms with Crippen molar-refractivity contribution in [3.05, 3.63) is 0 Å². The summed E-state index contributed by atoms with van der Waals surface area (Å²) in [5.41, 5.74) is 0. The second kappa shape index (κ2) is 1.26. The van der Waals surface area contributed by atoms with E-state index in [0.29, 0.717) is 6.51 Å². The first-order valence-corrected chi connectivity index (χ1v) is 1.78. The molecule has 1 fully saturated rings. The molecule has 3 nitrogen and oxygen atoms in total. The van der Waals surface area contributed by atoms with E-state index < -0.39 is 7.01 Å². The summed E-state index contributed by atoms with van der Waals surface area (Å²) in [6.45, 7) is 0.211. The van der Waals surface area contributed by atoms with Crippen molar-refractivity contribution in [2.45, 2.75) is 0 Å². The Kier molecular flexibility index (Phi) is 0.874. The smallest absolute Gasteiger partial charge is 0.440 e. The molecule has 0 aromatic carbocycles. The summed E-state index contributed by atoms with van der Waals surface area (Å²) < 4.78 is 4.47. The molecule has 0 aliphatic carbocycles. The molecule has 1 heterocycles. The third kappa shape index (κ3) is 0.739. The highest BCUT2D eigenvalue weighted by Gasteiger charge is 2.41. The van der Waals surface area contributed by atoms with Crippen LogP contribution in [0.15, 0.2) is 0 Å². The van der Waals surface area contributed by atoms with Crippen LogP contribution < -0.4 is 0 Å². The number of rotatable bonds is 1. The van der Waals surface area contributed by atoms with Crippen molar-refractivity contribution in [1.29, 1.82) is 0 Å². The van der Waals surface area contributed by atoms with E-state index in [-0.39, 0.29) is 6.81 Å². The van der Waals surface area contributed by atoms with Crippen molar-refractivity contribution >= 4 is 13.8 Å². The molecule has 2 N–H and O–H groups in total. The van der Waals surface area contributed by atoms with E-state index in [1.807, 2.05) is 0 Å². The highest BCUT2D eigenvalue weighted by atomic mass is 16.5. The van der Waals surface area contributed by atoms with E-state index in [9.17, 15) is 0 Å². The van der Waals surface area contributed by atoms with Crippen molar-refractivity contribution in [2.75, 3.05) is 6.51 Å². The zero-order valence-electron chi connectivity index (χ0n) is 3.16. The van der Waals surface area contributed by atoms with E-state index in [0.717, 1.165) is 0 Å². The highest BCUT2D eigenvalue weighted by molar-refractivity contribution is 7.16. The maximum Gasteiger partial charge on any atom is 0.442 e. The van der Waals surface area contributed by atoms with Gasteiger partial charge in [0, 0.05) is 6.51 Å². The lowest BCUT2D eigenvalue weighted by Crippen LogP contribution is -2.23. The number of hydrogen-bond acceptors (Lipinski definition) is 3. The Bertz CT molecular complexity index is 50.8. The predicted octanol–water partition coefficient (Wildman–Crippen LogP) is -1.90. The Morgan fingerprint density at radius 2 is 2.17 bits per heavy atom. The minimum absolute atomic E-state index is 0.287. The van der Waals surface area contributed by atoms with Gasteiger partial charge in [-0.3, -0.25) is 0 Å². The molecular formula is CH4B2O3. The third-order valence-corrected chi connectivity index (χ3v) is 0.692. The van der Waals surface area contributed by atoms with Crippen LogP contribution >= 0.6 is 0 Å². The quantitative estimate of drug-likeness (QED) is 0.289. The first-order chi connectivity index (χ1) is 2.80. The van der Waals surface area contributed by atoms with E-state index in [4.69, 9.17) is 10.0 Å². The monoisotopic (exact) mass is 86.0 g/mol. The van der Waals surface area contributed by atoms with Gasteiger partial charge in [0.05, 0.1) is 0 Å². The average Bonchev–Trinajstić information content (AvgIpc) is 2.06. The largest absolute Gasteiger partial charge is 0.442 e. The maximum absolute atomic E-state index is 8.12. The fourth-order valence-corrected chi connectivity index (χ4v) is 0.228. The Morgan fingerprint density at radius 3 is 2.17 bits per heavy atom. The summed E-state index contributed by atoms with van der Waals surface area (Å²) in [6.07, 6.45) is 0. The van der Waals surface area contributed by atoms with Gasteiger partial charge in [-0.15, -0.1) is 0 Å². The molecule has 0 bridgehead atoms. The zero-order valence-corrected chi connectivity index (χ0v) is 3.16. The van der Waals surface area contributed by atoms with Gasteiger partial charge in [0.1, 0.15) is 0 Å². The summed E-state index contributed by atoms with van der Waals surface area (Å²) in [6, 6.07) is 0. The SMILES string of the molecule is OB(O)B1CO1. The Hall–Kier alpha value is 0.00987. The van der Waals surface area contributed by atoms with Crippen molar-refractivity contribution in [3.8, 4) is 0 Å². The molecule has 6 heavy (non-hydrogen) atoms. The Labute approximate surface area is 36.2 Å². The van der Waals surface area contributed by atoms with E-state index in [1.54, 1.807) is 0 Å². The molecule has 32 valence electrons. The molecule has 0 spiro atoms. The lowest BCUT2D eigenvalue weighted by atomic mass is 9.43. The molecule has 0 saturated carbocycles. The van der Waals surface area contributed by atoms with Gasteiger partial charge in [0.15, 0.2) is 0 Å². The second-order valence-electron chi connectivity index (χ2n) is 1.29. The topological polar surface area (TPSA) is 53.0 Å². The fourth-order valence-electron chi connectivity index (χ4n) is 0.228. The van der Waals surface area contributed by atoms with Gasteiger partial charge in [0.25, 0.3) is 0 Å². The number of hydrogen-bond donors (Lipinski definition) is 2. The second-order valence-corrected chi connectivity index (χ2v) is 1.29. The van der Waals surface area contributed by atoms with Crippen molar-refractivity contribution in [1.82, 2.24) is 0 Å². The molecule has 0 atom stereocenters. The van der Waals surface area contributed by atoms with Crippen molar-refractivity contribution in [2.24, 2.45) is 0 Å². The molecule has 0 unspecified atom stereocenters. The molecule has 0 aromatic heterocycles. The molecule has 0 radical (unpaired) electrons. The van der Waals surface area contributed by atoms with Gasteiger partial charge < -0.3 is 14.7 Å². The molecule has 0 amide bonds. The van der Waals surface area contributed by atoms with Gasteiger partial charge in [0.2, 0.25) is 0 Å². The molecule has 1 rings (SSSR count). The van der Waals surface area contributed by atoms with Crippen LogP contribution in [0.4, 0.5) is 0 Å². The highest BCUT2D eigenvalue weighted by Crippen LogP contribution is 2.02. The Morgan fingerprint density at radius 1 is 1.67 bits per heavy atom. The minimum atomic E-state index is -1.26. The molecular weight excluding hydrogens is 81.6 g/mol. The molecule has 1 aliphatic rings. The van der Waals surface area contributed by atoms with Crippen LogP contribution in [0, 0.1) is 0 Å². The van der Waals surface area contributed by atoms with Crippen LogP contribution in [0.5, 0.6) is 0 Å². The van der Waals surface area contributed by atoms with Gasteiger partial charge >= 0.3 is 13.8 Å². The van der Waals surface area contributed by atoms with Crippen LogP contribution in [0.2, 0.25) is 0 Å². The van der Waals surface area contributed by atoms with Crippen molar-refractivity contribution in [3.63, 3.8) is 0 Å². The van der Waals surface area contributed by atoms with Crippen LogP contribution in [0.25, 0.3) is 0 Å². The van der Waals surface area contributed by atoms with Crippen molar-refractivity contribution < 1.29 is 14.7 Å². The molecule has 0 aromatic rings. The lowest BCUT2D eigenvalue weighted by Gasteiger charge is -1.78. The Balaban J connectivity index is 2.13.